The van der Waals surface area contributed by atoms with E-state index in [9.17, 15) is 9.59 Å². The molecule has 1 aromatic carbocycles. The molecule has 0 aliphatic carbocycles. The number of nitrogens with one attached hydrogen (secondary N) is 1. The molecule has 1 rings (SSSR count). The first-order valence-electron chi connectivity index (χ1n) is 5.63. The second-order valence-electron chi connectivity index (χ2n) is 4.45. The Bertz CT molecular complexity index is 471. The van der Waals surface area contributed by atoms with Gasteiger partial charge in [0, 0.05) is 10.0 Å². The van der Waals surface area contributed by atoms with Gasteiger partial charge in [0.15, 0.2) is 0 Å². The van der Waals surface area contributed by atoms with E-state index in [1.807, 2.05) is 13.0 Å². The number of aliphatic carboxylic acids is 1. The largest absolute Gasteiger partial charge is 0.480 e. The Hall–Kier alpha value is -1.36. The number of halogens is 1. The number of hydrogen-bond acceptors (Lipinski definition) is 2. The van der Waals surface area contributed by atoms with Crippen molar-refractivity contribution in [2.24, 2.45) is 5.92 Å². The fourth-order valence-corrected chi connectivity index (χ4v) is 1.95. The second kappa shape index (κ2) is 6.00. The molecule has 0 heterocycles. The summed E-state index contributed by atoms with van der Waals surface area (Å²) in [6.07, 6.45) is 0. The SMILES string of the molecule is Cc1c(Br)cccc1C(=O)N[C@H](C(=O)O)C(C)C. The quantitative estimate of drug-likeness (QED) is 0.898. The summed E-state index contributed by atoms with van der Waals surface area (Å²) in [6, 6.07) is 4.38. The van der Waals surface area contributed by atoms with Crippen molar-refractivity contribution in [3.8, 4) is 0 Å². The average molecular weight is 314 g/mol. The first kappa shape index (κ1) is 14.7. The molecule has 0 aliphatic rings. The van der Waals surface area contributed by atoms with Crippen LogP contribution in [0, 0.1) is 12.8 Å². The molecule has 0 saturated heterocycles. The minimum atomic E-state index is -1.02. The number of carboxylic acids is 1. The lowest BCUT2D eigenvalue weighted by Crippen LogP contribution is -2.44. The molecule has 0 aliphatic heterocycles. The van der Waals surface area contributed by atoms with E-state index in [1.54, 1.807) is 26.0 Å². The predicted molar refractivity (Wildman–Crippen MR) is 72.6 cm³/mol. The first-order chi connectivity index (χ1) is 8.34. The second-order valence-corrected chi connectivity index (χ2v) is 5.30. The van der Waals surface area contributed by atoms with Gasteiger partial charge in [0.05, 0.1) is 0 Å². The highest BCUT2D eigenvalue weighted by Gasteiger charge is 2.24. The van der Waals surface area contributed by atoms with Gasteiger partial charge in [0.25, 0.3) is 5.91 Å². The van der Waals surface area contributed by atoms with Crippen LogP contribution in [-0.2, 0) is 4.79 Å². The molecule has 1 aromatic rings. The molecule has 1 atom stereocenters. The third kappa shape index (κ3) is 3.32. The predicted octanol–water partition coefficient (Wildman–Crippen LogP) is 2.60. The standard InChI is InChI=1S/C13H16BrNO3/c1-7(2)11(13(17)18)15-12(16)9-5-4-6-10(14)8(9)3/h4-7,11H,1-3H3,(H,15,16)(H,17,18)/t11-/m0/s1. The first-order valence-corrected chi connectivity index (χ1v) is 6.42. The van der Waals surface area contributed by atoms with Crippen molar-refractivity contribution >= 4 is 27.8 Å². The fourth-order valence-electron chi connectivity index (χ4n) is 1.59. The number of hydrogen-bond donors (Lipinski definition) is 2. The maximum Gasteiger partial charge on any atom is 0.326 e. The van der Waals surface area contributed by atoms with Crippen LogP contribution < -0.4 is 5.32 Å². The Labute approximate surface area is 115 Å². The van der Waals surface area contributed by atoms with Crippen molar-refractivity contribution in [3.05, 3.63) is 33.8 Å². The third-order valence-electron chi connectivity index (χ3n) is 2.73. The summed E-state index contributed by atoms with van der Waals surface area (Å²) in [5, 5.41) is 11.6. The molecule has 0 saturated carbocycles. The maximum atomic E-state index is 12.0. The van der Waals surface area contributed by atoms with Crippen LogP contribution in [0.2, 0.25) is 0 Å². The van der Waals surface area contributed by atoms with Gasteiger partial charge < -0.3 is 10.4 Å². The number of rotatable bonds is 4. The maximum absolute atomic E-state index is 12.0. The van der Waals surface area contributed by atoms with E-state index < -0.39 is 12.0 Å². The Balaban J connectivity index is 2.94. The van der Waals surface area contributed by atoms with E-state index in [4.69, 9.17) is 5.11 Å². The number of carbonyl (C=O) groups excluding carboxylic acids is 1. The van der Waals surface area contributed by atoms with Crippen LogP contribution in [0.15, 0.2) is 22.7 Å². The van der Waals surface area contributed by atoms with Gasteiger partial charge in [-0.25, -0.2) is 4.79 Å². The number of amides is 1. The van der Waals surface area contributed by atoms with Gasteiger partial charge in [-0.2, -0.15) is 0 Å². The van der Waals surface area contributed by atoms with Gasteiger partial charge in [0.2, 0.25) is 0 Å². The molecule has 5 heteroatoms. The molecule has 18 heavy (non-hydrogen) atoms. The van der Waals surface area contributed by atoms with E-state index in [1.165, 1.54) is 0 Å². The van der Waals surface area contributed by atoms with E-state index in [0.717, 1.165) is 10.0 Å². The van der Waals surface area contributed by atoms with Gasteiger partial charge >= 0.3 is 5.97 Å². The van der Waals surface area contributed by atoms with Crippen LogP contribution in [0.1, 0.15) is 29.8 Å². The summed E-state index contributed by atoms with van der Waals surface area (Å²) in [5.74, 6) is -1.56. The van der Waals surface area contributed by atoms with E-state index >= 15 is 0 Å². The van der Waals surface area contributed by atoms with Crippen LogP contribution in [0.5, 0.6) is 0 Å². The van der Waals surface area contributed by atoms with Crippen LogP contribution >= 0.6 is 15.9 Å². The van der Waals surface area contributed by atoms with Crippen molar-refractivity contribution < 1.29 is 14.7 Å². The number of carbonyl (C=O) groups is 2. The van der Waals surface area contributed by atoms with E-state index in [-0.39, 0.29) is 11.8 Å². The number of benzene rings is 1. The molecule has 0 aromatic heterocycles. The van der Waals surface area contributed by atoms with Crippen LogP contribution in [0.3, 0.4) is 0 Å². The smallest absolute Gasteiger partial charge is 0.326 e. The zero-order chi connectivity index (χ0) is 13.9. The zero-order valence-electron chi connectivity index (χ0n) is 10.5. The van der Waals surface area contributed by atoms with E-state index in [2.05, 4.69) is 21.2 Å². The van der Waals surface area contributed by atoms with Crippen LogP contribution in [0.4, 0.5) is 0 Å². The van der Waals surface area contributed by atoms with Crippen molar-refractivity contribution in [2.45, 2.75) is 26.8 Å². The summed E-state index contributed by atoms with van der Waals surface area (Å²) in [4.78, 5) is 23.1. The van der Waals surface area contributed by atoms with Crippen molar-refractivity contribution in [3.63, 3.8) is 0 Å². The van der Waals surface area contributed by atoms with Gasteiger partial charge in [-0.1, -0.05) is 35.8 Å². The summed E-state index contributed by atoms with van der Waals surface area (Å²) in [5.41, 5.74) is 1.28. The van der Waals surface area contributed by atoms with Gasteiger partial charge in [-0.3, -0.25) is 4.79 Å². The van der Waals surface area contributed by atoms with Crippen molar-refractivity contribution in [1.82, 2.24) is 5.32 Å². The zero-order valence-corrected chi connectivity index (χ0v) is 12.1. The molecule has 2 N–H and O–H groups in total. The fraction of sp³-hybridized carbons (Fsp3) is 0.385. The summed E-state index contributed by atoms with van der Waals surface area (Å²) in [7, 11) is 0. The highest BCUT2D eigenvalue weighted by molar-refractivity contribution is 9.10. The average Bonchev–Trinajstić information content (AvgIpc) is 2.28. The Morgan fingerprint density at radius 1 is 1.33 bits per heavy atom. The molecule has 0 unspecified atom stereocenters. The lowest BCUT2D eigenvalue weighted by atomic mass is 10.0. The normalized spacial score (nSPS) is 12.3. The molecular formula is C13H16BrNO3. The lowest BCUT2D eigenvalue weighted by molar-refractivity contribution is -0.140. The number of carboxylic acid groups (broad SMARTS) is 1. The molecule has 0 spiro atoms. The van der Waals surface area contributed by atoms with Gasteiger partial charge in [0.1, 0.15) is 6.04 Å². The third-order valence-corrected chi connectivity index (χ3v) is 3.59. The topological polar surface area (TPSA) is 66.4 Å². The highest BCUT2D eigenvalue weighted by atomic mass is 79.9. The Morgan fingerprint density at radius 2 is 1.94 bits per heavy atom. The molecule has 1 amide bonds. The molecule has 0 bridgehead atoms. The van der Waals surface area contributed by atoms with Gasteiger partial charge in [-0.05, 0) is 30.5 Å². The summed E-state index contributed by atoms with van der Waals surface area (Å²) >= 11 is 3.34. The van der Waals surface area contributed by atoms with Crippen LogP contribution in [-0.4, -0.2) is 23.0 Å². The Morgan fingerprint density at radius 3 is 2.44 bits per heavy atom. The van der Waals surface area contributed by atoms with Crippen molar-refractivity contribution in [2.75, 3.05) is 0 Å². The summed E-state index contributed by atoms with van der Waals surface area (Å²) < 4.78 is 0.826. The van der Waals surface area contributed by atoms with E-state index in [0.29, 0.717) is 5.56 Å². The molecule has 0 fully saturated rings. The molecule has 98 valence electrons. The van der Waals surface area contributed by atoms with Crippen LogP contribution in [0.25, 0.3) is 0 Å². The molecule has 4 nitrogen and oxygen atoms in total. The monoisotopic (exact) mass is 313 g/mol. The van der Waals surface area contributed by atoms with Crippen molar-refractivity contribution in [1.29, 1.82) is 0 Å². The summed E-state index contributed by atoms with van der Waals surface area (Å²) in [6.45, 7) is 5.32. The minimum Gasteiger partial charge on any atom is -0.480 e. The van der Waals surface area contributed by atoms with Gasteiger partial charge in [-0.15, -0.1) is 0 Å². The minimum absolute atomic E-state index is 0.168. The molecular weight excluding hydrogens is 298 g/mol. The Kier molecular flexibility index (Phi) is 4.90. The lowest BCUT2D eigenvalue weighted by Gasteiger charge is -2.18. The molecule has 0 radical (unpaired) electrons. The highest BCUT2D eigenvalue weighted by Crippen LogP contribution is 2.19.